The third-order valence-electron chi connectivity index (χ3n) is 3.08. The smallest absolute Gasteiger partial charge is 0.203 e. The van der Waals surface area contributed by atoms with Crippen LogP contribution in [0.25, 0.3) is 0 Å². The fraction of sp³-hybridized carbons (Fsp3) is 0.571. The van der Waals surface area contributed by atoms with Crippen LogP contribution in [0.1, 0.15) is 13.8 Å². The van der Waals surface area contributed by atoms with Gasteiger partial charge in [-0.3, -0.25) is 0 Å². The molecule has 0 fully saturated rings. The van der Waals surface area contributed by atoms with E-state index in [1.807, 2.05) is 19.2 Å². The molecule has 5 heteroatoms. The number of methoxy groups -OCH3 is 3. The van der Waals surface area contributed by atoms with Gasteiger partial charge in [-0.2, -0.15) is 0 Å². The molecule has 1 aromatic rings. The van der Waals surface area contributed by atoms with Crippen LogP contribution in [0, 0.1) is 0 Å². The lowest BCUT2D eigenvalue weighted by atomic mass is 10.1. The van der Waals surface area contributed by atoms with E-state index < -0.39 is 0 Å². The van der Waals surface area contributed by atoms with Crippen LogP contribution >= 0.6 is 0 Å². The Kier molecular flexibility index (Phi) is 5.30. The second-order valence-corrected chi connectivity index (χ2v) is 4.90. The van der Waals surface area contributed by atoms with Crippen LogP contribution in [0.5, 0.6) is 17.2 Å². The van der Waals surface area contributed by atoms with Crippen molar-refractivity contribution in [2.75, 3.05) is 40.2 Å². The minimum absolute atomic E-state index is 0.000395. The minimum Gasteiger partial charge on any atom is -0.493 e. The fourth-order valence-electron chi connectivity index (χ4n) is 1.59. The summed E-state index contributed by atoms with van der Waals surface area (Å²) < 4.78 is 15.9. The van der Waals surface area contributed by atoms with Crippen molar-refractivity contribution in [1.29, 1.82) is 0 Å². The van der Waals surface area contributed by atoms with Crippen LogP contribution in [-0.2, 0) is 0 Å². The van der Waals surface area contributed by atoms with Gasteiger partial charge >= 0.3 is 0 Å². The Hall–Kier alpha value is -1.62. The van der Waals surface area contributed by atoms with Crippen LogP contribution in [0.15, 0.2) is 12.1 Å². The van der Waals surface area contributed by atoms with E-state index in [0.29, 0.717) is 17.2 Å². The van der Waals surface area contributed by atoms with E-state index in [0.717, 1.165) is 12.2 Å². The first kappa shape index (κ1) is 15.4. The van der Waals surface area contributed by atoms with Crippen molar-refractivity contribution in [3.63, 3.8) is 0 Å². The highest BCUT2D eigenvalue weighted by Gasteiger charge is 2.16. The van der Waals surface area contributed by atoms with Gasteiger partial charge in [0.1, 0.15) is 0 Å². The Morgan fingerprint density at radius 1 is 1.00 bits per heavy atom. The summed E-state index contributed by atoms with van der Waals surface area (Å²) in [5, 5.41) is 6.60. The molecule has 0 radical (unpaired) electrons. The summed E-state index contributed by atoms with van der Waals surface area (Å²) in [5.41, 5.74) is 0.929. The average Bonchev–Trinajstić information content (AvgIpc) is 2.43. The molecule has 2 N–H and O–H groups in total. The van der Waals surface area contributed by atoms with Gasteiger partial charge in [0.05, 0.1) is 21.3 Å². The number of likely N-dealkylation sites (N-methyl/N-ethyl adjacent to an activating group) is 1. The lowest BCUT2D eigenvalue weighted by molar-refractivity contribution is 0.324. The Balaban J connectivity index is 2.97. The molecule has 0 atom stereocenters. The topological polar surface area (TPSA) is 51.8 Å². The van der Waals surface area contributed by atoms with Gasteiger partial charge in [-0.05, 0) is 20.9 Å². The zero-order valence-corrected chi connectivity index (χ0v) is 12.6. The summed E-state index contributed by atoms with van der Waals surface area (Å²) in [6.45, 7) is 5.03. The third-order valence-corrected chi connectivity index (χ3v) is 3.08. The highest BCUT2D eigenvalue weighted by atomic mass is 16.5. The predicted molar refractivity (Wildman–Crippen MR) is 77.7 cm³/mol. The maximum atomic E-state index is 5.32. The van der Waals surface area contributed by atoms with E-state index >= 15 is 0 Å². The number of ether oxygens (including phenoxy) is 3. The number of benzene rings is 1. The van der Waals surface area contributed by atoms with Gasteiger partial charge in [0.15, 0.2) is 11.5 Å². The molecular formula is C14H24N2O3. The van der Waals surface area contributed by atoms with Crippen LogP contribution in [0.2, 0.25) is 0 Å². The standard InChI is InChI=1S/C14H24N2O3/c1-14(2,15-3)9-16-10-7-11(17-4)13(19-6)12(8-10)18-5/h7-8,15-16H,9H2,1-6H3. The maximum Gasteiger partial charge on any atom is 0.203 e. The second-order valence-electron chi connectivity index (χ2n) is 4.90. The molecule has 0 unspecified atom stereocenters. The van der Waals surface area contributed by atoms with E-state index in [9.17, 15) is 0 Å². The van der Waals surface area contributed by atoms with Crippen molar-refractivity contribution < 1.29 is 14.2 Å². The number of rotatable bonds is 7. The lowest BCUT2D eigenvalue weighted by Gasteiger charge is -2.25. The lowest BCUT2D eigenvalue weighted by Crippen LogP contribution is -2.42. The monoisotopic (exact) mass is 268 g/mol. The van der Waals surface area contributed by atoms with Crippen molar-refractivity contribution >= 4 is 5.69 Å². The minimum atomic E-state index is 0.000395. The maximum absolute atomic E-state index is 5.32. The molecule has 108 valence electrons. The molecule has 0 spiro atoms. The molecule has 5 nitrogen and oxygen atoms in total. The summed E-state index contributed by atoms with van der Waals surface area (Å²) in [4.78, 5) is 0. The van der Waals surface area contributed by atoms with Crippen molar-refractivity contribution in [1.82, 2.24) is 5.32 Å². The van der Waals surface area contributed by atoms with Gasteiger partial charge in [-0.25, -0.2) is 0 Å². The molecule has 0 saturated carbocycles. The van der Waals surface area contributed by atoms with Gasteiger partial charge in [0, 0.05) is 29.9 Å². The summed E-state index contributed by atoms with van der Waals surface area (Å²) >= 11 is 0. The van der Waals surface area contributed by atoms with Crippen LogP contribution in [0.4, 0.5) is 5.69 Å². The first-order valence-corrected chi connectivity index (χ1v) is 6.20. The highest BCUT2D eigenvalue weighted by molar-refractivity contribution is 5.62. The fourth-order valence-corrected chi connectivity index (χ4v) is 1.59. The van der Waals surface area contributed by atoms with Crippen molar-refractivity contribution in [3.8, 4) is 17.2 Å². The number of hydrogen-bond donors (Lipinski definition) is 2. The normalized spacial score (nSPS) is 11.1. The largest absolute Gasteiger partial charge is 0.493 e. The van der Waals surface area contributed by atoms with Gasteiger partial charge in [-0.1, -0.05) is 0 Å². The molecule has 0 aliphatic rings. The first-order valence-electron chi connectivity index (χ1n) is 6.20. The average molecular weight is 268 g/mol. The molecule has 0 aliphatic carbocycles. The van der Waals surface area contributed by atoms with Crippen LogP contribution < -0.4 is 24.8 Å². The highest BCUT2D eigenvalue weighted by Crippen LogP contribution is 2.39. The Labute approximate surface area is 115 Å². The Morgan fingerprint density at radius 2 is 1.53 bits per heavy atom. The molecule has 1 aromatic carbocycles. The van der Waals surface area contributed by atoms with Crippen LogP contribution in [0.3, 0.4) is 0 Å². The molecule has 0 saturated heterocycles. The quantitative estimate of drug-likeness (QED) is 0.793. The number of anilines is 1. The van der Waals surface area contributed by atoms with E-state index in [-0.39, 0.29) is 5.54 Å². The summed E-state index contributed by atoms with van der Waals surface area (Å²) in [6, 6.07) is 3.79. The van der Waals surface area contributed by atoms with E-state index in [1.165, 1.54) is 0 Å². The van der Waals surface area contributed by atoms with Crippen molar-refractivity contribution in [2.45, 2.75) is 19.4 Å². The predicted octanol–water partition coefficient (Wildman–Crippen LogP) is 2.12. The summed E-state index contributed by atoms with van der Waals surface area (Å²) in [6.07, 6.45) is 0. The number of nitrogens with one attached hydrogen (secondary N) is 2. The van der Waals surface area contributed by atoms with E-state index in [4.69, 9.17) is 14.2 Å². The zero-order chi connectivity index (χ0) is 14.5. The first-order chi connectivity index (χ1) is 8.97. The SMILES string of the molecule is CNC(C)(C)CNc1cc(OC)c(OC)c(OC)c1. The van der Waals surface area contributed by atoms with Gasteiger partial charge in [-0.15, -0.1) is 0 Å². The third kappa shape index (κ3) is 3.92. The number of hydrogen-bond acceptors (Lipinski definition) is 5. The molecule has 0 bridgehead atoms. The zero-order valence-electron chi connectivity index (χ0n) is 12.6. The molecular weight excluding hydrogens is 244 g/mol. The van der Waals surface area contributed by atoms with Crippen molar-refractivity contribution in [3.05, 3.63) is 12.1 Å². The summed E-state index contributed by atoms with van der Waals surface area (Å²) in [7, 11) is 6.76. The molecule has 0 heterocycles. The molecule has 0 aliphatic heterocycles. The Bertz CT molecular complexity index is 394. The molecule has 0 aromatic heterocycles. The Morgan fingerprint density at radius 3 is 1.89 bits per heavy atom. The second kappa shape index (κ2) is 6.52. The van der Waals surface area contributed by atoms with Gasteiger partial charge in [0.2, 0.25) is 5.75 Å². The van der Waals surface area contributed by atoms with Crippen LogP contribution in [-0.4, -0.2) is 40.5 Å². The molecule has 1 rings (SSSR count). The summed E-state index contributed by atoms with van der Waals surface area (Å²) in [5.74, 6) is 1.89. The molecule has 0 amide bonds. The van der Waals surface area contributed by atoms with Crippen molar-refractivity contribution in [2.24, 2.45) is 0 Å². The van der Waals surface area contributed by atoms with E-state index in [1.54, 1.807) is 21.3 Å². The van der Waals surface area contributed by atoms with E-state index in [2.05, 4.69) is 24.5 Å². The van der Waals surface area contributed by atoms with Gasteiger partial charge < -0.3 is 24.8 Å². The molecule has 19 heavy (non-hydrogen) atoms. The van der Waals surface area contributed by atoms with Gasteiger partial charge in [0.25, 0.3) is 0 Å².